The number of likely N-dealkylation sites (tertiary alicyclic amines) is 1. The van der Waals surface area contributed by atoms with Crippen LogP contribution in [0.15, 0.2) is 40.1 Å². The van der Waals surface area contributed by atoms with E-state index in [9.17, 15) is 4.39 Å². The molecule has 8 heteroatoms. The van der Waals surface area contributed by atoms with Gasteiger partial charge in [0.15, 0.2) is 5.96 Å². The number of nitrogens with zero attached hydrogens (tertiary/aromatic N) is 4. The van der Waals surface area contributed by atoms with E-state index in [1.807, 2.05) is 37.1 Å². The summed E-state index contributed by atoms with van der Waals surface area (Å²) in [6.45, 7) is 2.71. The van der Waals surface area contributed by atoms with Crippen molar-refractivity contribution in [3.63, 3.8) is 0 Å². The summed E-state index contributed by atoms with van der Waals surface area (Å²) in [5, 5.41) is 7.68. The second-order valence-corrected chi connectivity index (χ2v) is 7.61. The Morgan fingerprint density at radius 3 is 2.93 bits per heavy atom. The van der Waals surface area contributed by atoms with Gasteiger partial charge in [0.1, 0.15) is 5.82 Å². The maximum absolute atomic E-state index is 13.9. The molecule has 0 bridgehead atoms. The summed E-state index contributed by atoms with van der Waals surface area (Å²) < 4.78 is 16.5. The van der Waals surface area contributed by atoms with Crippen molar-refractivity contribution in [1.82, 2.24) is 20.0 Å². The lowest BCUT2D eigenvalue weighted by Crippen LogP contribution is -2.40. The van der Waals surface area contributed by atoms with Gasteiger partial charge < -0.3 is 10.2 Å². The quantitative estimate of drug-likeness (QED) is 0.266. The number of guanidine groups is 1. The summed E-state index contributed by atoms with van der Waals surface area (Å²) in [5.41, 5.74) is 2.04. The zero-order chi connectivity index (χ0) is 18.5. The number of nitrogens with one attached hydrogen (secondary N) is 1. The van der Waals surface area contributed by atoms with Gasteiger partial charge in [-0.05, 0) is 42.5 Å². The average Bonchev–Trinajstić information content (AvgIpc) is 3.25. The molecule has 1 aliphatic heterocycles. The van der Waals surface area contributed by atoms with E-state index in [1.54, 1.807) is 0 Å². The van der Waals surface area contributed by atoms with Crippen molar-refractivity contribution in [3.8, 4) is 0 Å². The highest BCUT2D eigenvalue weighted by molar-refractivity contribution is 14.0. The largest absolute Gasteiger partial charge is 0.356 e. The number of aromatic nitrogens is 2. The molecule has 2 aromatic rings. The maximum Gasteiger partial charge on any atom is 0.193 e. The van der Waals surface area contributed by atoms with Crippen LogP contribution < -0.4 is 5.32 Å². The number of rotatable bonds is 5. The van der Waals surface area contributed by atoms with Gasteiger partial charge in [-0.25, -0.2) is 4.39 Å². The summed E-state index contributed by atoms with van der Waals surface area (Å²) in [5.74, 6) is 1.27. The molecule has 0 aliphatic carbocycles. The minimum atomic E-state index is -0.150. The van der Waals surface area contributed by atoms with E-state index in [1.165, 1.54) is 11.6 Å². The van der Waals surface area contributed by atoms with E-state index in [-0.39, 0.29) is 29.8 Å². The van der Waals surface area contributed by atoms with Crippen LogP contribution in [0.2, 0.25) is 0 Å². The van der Waals surface area contributed by atoms with Crippen molar-refractivity contribution in [2.45, 2.75) is 25.2 Å². The van der Waals surface area contributed by atoms with Crippen LogP contribution in [-0.2, 0) is 13.5 Å². The molecule has 0 saturated carbocycles. The van der Waals surface area contributed by atoms with E-state index >= 15 is 0 Å². The molecule has 0 radical (unpaired) electrons. The number of aliphatic imine (C=N–C) groups is 1. The lowest BCUT2D eigenvalue weighted by atomic mass is 10.0. The molecule has 148 valence electrons. The van der Waals surface area contributed by atoms with Crippen molar-refractivity contribution in [2.75, 3.05) is 26.7 Å². The van der Waals surface area contributed by atoms with Crippen molar-refractivity contribution in [3.05, 3.63) is 52.0 Å². The third kappa shape index (κ3) is 5.91. The fraction of sp³-hybridized carbons (Fsp3) is 0.474. The van der Waals surface area contributed by atoms with Gasteiger partial charge in [-0.15, -0.1) is 24.0 Å². The van der Waals surface area contributed by atoms with Gasteiger partial charge in [0, 0.05) is 50.3 Å². The van der Waals surface area contributed by atoms with Crippen LogP contribution in [0, 0.1) is 5.82 Å². The monoisotopic (exact) mass is 549 g/mol. The number of benzene rings is 1. The SMILES string of the molecule is CN=C(NCCCc1ccc(Br)cc1F)N1CCC(c2cnn(C)c2)C1.I. The molecule has 27 heavy (non-hydrogen) atoms. The Morgan fingerprint density at radius 1 is 1.44 bits per heavy atom. The van der Waals surface area contributed by atoms with Gasteiger partial charge >= 0.3 is 0 Å². The van der Waals surface area contributed by atoms with Crippen LogP contribution in [0.3, 0.4) is 0 Å². The summed E-state index contributed by atoms with van der Waals surface area (Å²) >= 11 is 3.29. The fourth-order valence-electron chi connectivity index (χ4n) is 3.41. The second-order valence-electron chi connectivity index (χ2n) is 6.69. The summed E-state index contributed by atoms with van der Waals surface area (Å²) in [4.78, 5) is 6.70. The molecule has 1 atom stereocenters. The first-order chi connectivity index (χ1) is 12.6. The highest BCUT2D eigenvalue weighted by Gasteiger charge is 2.26. The number of hydrogen-bond acceptors (Lipinski definition) is 2. The summed E-state index contributed by atoms with van der Waals surface area (Å²) in [7, 11) is 3.76. The molecule has 1 aliphatic rings. The smallest absolute Gasteiger partial charge is 0.193 e. The molecule has 1 aromatic heterocycles. The first kappa shape index (κ1) is 22.1. The molecule has 1 saturated heterocycles. The van der Waals surface area contributed by atoms with Crippen LogP contribution in [0.4, 0.5) is 4.39 Å². The average molecular weight is 550 g/mol. The van der Waals surface area contributed by atoms with Crippen LogP contribution in [0.25, 0.3) is 0 Å². The summed E-state index contributed by atoms with van der Waals surface area (Å²) in [6, 6.07) is 5.24. The van der Waals surface area contributed by atoms with Crippen molar-refractivity contribution in [2.24, 2.45) is 12.0 Å². The predicted octanol–water partition coefficient (Wildman–Crippen LogP) is 3.94. The highest BCUT2D eigenvalue weighted by Crippen LogP contribution is 2.26. The third-order valence-electron chi connectivity index (χ3n) is 4.82. The van der Waals surface area contributed by atoms with Crippen LogP contribution >= 0.6 is 39.9 Å². The van der Waals surface area contributed by atoms with E-state index in [0.29, 0.717) is 12.3 Å². The van der Waals surface area contributed by atoms with Crippen molar-refractivity contribution >= 4 is 45.9 Å². The molecule has 2 heterocycles. The van der Waals surface area contributed by atoms with Crippen LogP contribution in [-0.4, -0.2) is 47.3 Å². The minimum Gasteiger partial charge on any atom is -0.356 e. The number of hydrogen-bond donors (Lipinski definition) is 1. The zero-order valence-electron chi connectivity index (χ0n) is 15.7. The van der Waals surface area contributed by atoms with Gasteiger partial charge in [-0.1, -0.05) is 22.0 Å². The Labute approximate surface area is 185 Å². The Morgan fingerprint density at radius 2 is 2.26 bits per heavy atom. The van der Waals surface area contributed by atoms with Gasteiger partial charge in [0.2, 0.25) is 0 Å². The molecule has 5 nitrogen and oxygen atoms in total. The summed E-state index contributed by atoms with van der Waals surface area (Å²) in [6.07, 6.45) is 6.73. The predicted molar refractivity (Wildman–Crippen MR) is 121 cm³/mol. The van der Waals surface area contributed by atoms with E-state index < -0.39 is 0 Å². The fourth-order valence-corrected chi connectivity index (χ4v) is 3.74. The Bertz CT molecular complexity index is 779. The van der Waals surface area contributed by atoms with Crippen LogP contribution in [0.5, 0.6) is 0 Å². The highest BCUT2D eigenvalue weighted by atomic mass is 127. The lowest BCUT2D eigenvalue weighted by molar-refractivity contribution is 0.484. The second kappa shape index (κ2) is 10.4. The standard InChI is InChI=1S/C19H25BrFN5.HI/c1-22-19(23-8-3-4-14-5-6-17(20)10-18(14)21)26-9-7-15(13-26)16-11-24-25(2)12-16;/h5-6,10-12,15H,3-4,7-9,13H2,1-2H3,(H,22,23);1H. The third-order valence-corrected chi connectivity index (χ3v) is 5.31. The van der Waals surface area contributed by atoms with Gasteiger partial charge in [0.25, 0.3) is 0 Å². The lowest BCUT2D eigenvalue weighted by Gasteiger charge is -2.21. The van der Waals surface area contributed by atoms with Crippen LogP contribution in [0.1, 0.15) is 29.9 Å². The molecule has 1 unspecified atom stereocenters. The molecule has 1 N–H and O–H groups in total. The van der Waals surface area contributed by atoms with E-state index in [2.05, 4.69) is 42.4 Å². The topological polar surface area (TPSA) is 45.5 Å². The Kier molecular flexibility index (Phi) is 8.53. The van der Waals surface area contributed by atoms with Gasteiger partial charge in [-0.3, -0.25) is 9.67 Å². The van der Waals surface area contributed by atoms with Crippen molar-refractivity contribution < 1.29 is 4.39 Å². The zero-order valence-corrected chi connectivity index (χ0v) is 19.6. The Balaban J connectivity index is 0.00000261. The molecule has 1 fully saturated rings. The van der Waals surface area contributed by atoms with Gasteiger partial charge in [0.05, 0.1) is 6.20 Å². The molecule has 0 amide bonds. The number of halogens is 3. The minimum absolute atomic E-state index is 0. The van der Waals surface area contributed by atoms with E-state index in [4.69, 9.17) is 0 Å². The molecule has 0 spiro atoms. The van der Waals surface area contributed by atoms with E-state index in [0.717, 1.165) is 48.5 Å². The van der Waals surface area contributed by atoms with Gasteiger partial charge in [-0.2, -0.15) is 5.10 Å². The Hall–Kier alpha value is -1.16. The normalized spacial score (nSPS) is 17.1. The molecular weight excluding hydrogens is 524 g/mol. The molecular formula is C19H26BrFIN5. The maximum atomic E-state index is 13.9. The molecule has 3 rings (SSSR count). The number of aryl methyl sites for hydroxylation is 2. The van der Waals surface area contributed by atoms with Crippen molar-refractivity contribution in [1.29, 1.82) is 0 Å². The first-order valence-electron chi connectivity index (χ1n) is 8.95. The molecule has 1 aromatic carbocycles. The first-order valence-corrected chi connectivity index (χ1v) is 9.74.